The molecule has 0 amide bonds. The molecule has 33 heavy (non-hydrogen) atoms. The second kappa shape index (κ2) is 22.0. The minimum atomic E-state index is -1.48. The number of unbranched alkanes of at least 4 members (excludes halogenated alkanes) is 2. The molecule has 0 saturated carbocycles. The van der Waals surface area contributed by atoms with Crippen LogP contribution in [0.25, 0.3) is 0 Å². The van der Waals surface area contributed by atoms with E-state index in [0.29, 0.717) is 12.2 Å². The second-order valence-electron chi connectivity index (χ2n) is 7.79. The first kappa shape index (κ1) is 35.7. The van der Waals surface area contributed by atoms with Gasteiger partial charge < -0.3 is 39.6 Å². The minimum absolute atomic E-state index is 0. The number of aliphatic carboxylic acids is 4. The SMILES string of the molecule is CCCCC(CC)C/C(=C/C(=O)[O-])C(=O)[O-].CCCCC(CC)C/C(=C/C(=O)[O-])C(=O)[O-].[Sn+4]. The van der Waals surface area contributed by atoms with Crippen molar-refractivity contribution in [1.82, 2.24) is 0 Å². The Labute approximate surface area is 214 Å². The summed E-state index contributed by atoms with van der Waals surface area (Å²) in [5, 5.41) is 42.0. The van der Waals surface area contributed by atoms with Crippen molar-refractivity contribution in [1.29, 1.82) is 0 Å². The Morgan fingerprint density at radius 2 is 0.939 bits per heavy atom. The minimum Gasteiger partial charge on any atom is -0.545 e. The van der Waals surface area contributed by atoms with Crippen LogP contribution in [0.4, 0.5) is 0 Å². The summed E-state index contributed by atoms with van der Waals surface area (Å²) < 4.78 is 0. The van der Waals surface area contributed by atoms with Gasteiger partial charge in [-0.3, -0.25) is 0 Å². The third-order valence-corrected chi connectivity index (χ3v) is 5.21. The van der Waals surface area contributed by atoms with E-state index in [1.165, 1.54) is 0 Å². The summed E-state index contributed by atoms with van der Waals surface area (Å²) >= 11 is 0. The number of carboxylic acid groups (broad SMARTS) is 4. The zero-order valence-electron chi connectivity index (χ0n) is 20.1. The maximum absolute atomic E-state index is 10.7. The number of carbonyl (C=O) groups is 4. The molecule has 2 unspecified atom stereocenters. The molecule has 0 aliphatic carbocycles. The van der Waals surface area contributed by atoms with Crippen LogP contribution in [0.1, 0.15) is 91.9 Å². The molecule has 0 heterocycles. The van der Waals surface area contributed by atoms with Crippen LogP contribution in [-0.2, 0) is 19.2 Å². The molecule has 0 saturated heterocycles. The maximum Gasteiger partial charge on any atom is 4.00 e. The van der Waals surface area contributed by atoms with Gasteiger partial charge in [0.1, 0.15) is 0 Å². The largest absolute Gasteiger partial charge is 4.00 e. The van der Waals surface area contributed by atoms with Crippen molar-refractivity contribution in [3.05, 3.63) is 23.3 Å². The van der Waals surface area contributed by atoms with Crippen molar-refractivity contribution >= 4 is 47.8 Å². The molecule has 0 rings (SSSR count). The van der Waals surface area contributed by atoms with E-state index in [1.54, 1.807) is 0 Å². The molecule has 8 nitrogen and oxygen atoms in total. The number of carbonyl (C=O) groups excluding carboxylic acids is 4. The fourth-order valence-electron chi connectivity index (χ4n) is 3.20. The summed E-state index contributed by atoms with van der Waals surface area (Å²) in [7, 11) is 0. The third kappa shape index (κ3) is 20.5. The van der Waals surface area contributed by atoms with Crippen molar-refractivity contribution in [3.8, 4) is 0 Å². The molecule has 0 bridgehead atoms. The summed E-state index contributed by atoms with van der Waals surface area (Å²) in [6, 6.07) is 0. The Balaban J connectivity index is -0.000000529. The summed E-state index contributed by atoms with van der Waals surface area (Å²) in [6.45, 7) is 8.05. The molecule has 0 N–H and O–H groups in total. The van der Waals surface area contributed by atoms with E-state index in [0.717, 1.165) is 51.4 Å². The fraction of sp³-hybridized carbons (Fsp3) is 0.667. The summed E-state index contributed by atoms with van der Waals surface area (Å²) in [4.78, 5) is 42.0. The topological polar surface area (TPSA) is 161 Å². The average Bonchev–Trinajstić information content (AvgIpc) is 2.72. The van der Waals surface area contributed by atoms with Crippen LogP contribution in [0.3, 0.4) is 0 Å². The van der Waals surface area contributed by atoms with Crippen LogP contribution in [0.5, 0.6) is 0 Å². The molecule has 9 heteroatoms. The van der Waals surface area contributed by atoms with E-state index >= 15 is 0 Å². The smallest absolute Gasteiger partial charge is 0.545 e. The van der Waals surface area contributed by atoms with Gasteiger partial charge in [0, 0.05) is 0 Å². The molecular weight excluding hydrogens is 535 g/mol. The van der Waals surface area contributed by atoms with Crippen LogP contribution < -0.4 is 20.4 Å². The molecule has 0 aromatic carbocycles. The molecule has 0 radical (unpaired) electrons. The molecule has 0 fully saturated rings. The number of carboxylic acids is 4. The third-order valence-electron chi connectivity index (χ3n) is 5.21. The zero-order valence-corrected chi connectivity index (χ0v) is 23.0. The van der Waals surface area contributed by atoms with Crippen LogP contribution >= 0.6 is 0 Å². The number of hydrogen-bond acceptors (Lipinski definition) is 8. The molecule has 2 atom stereocenters. The quantitative estimate of drug-likeness (QED) is 0.180. The van der Waals surface area contributed by atoms with Crippen molar-refractivity contribution < 1.29 is 39.6 Å². The number of rotatable bonds is 16. The van der Waals surface area contributed by atoms with Gasteiger partial charge in [0.2, 0.25) is 0 Å². The van der Waals surface area contributed by atoms with E-state index in [9.17, 15) is 39.6 Å². The maximum atomic E-state index is 10.7. The summed E-state index contributed by atoms with van der Waals surface area (Å²) in [6.07, 6.45) is 9.34. The predicted molar refractivity (Wildman–Crippen MR) is 118 cm³/mol. The van der Waals surface area contributed by atoms with E-state index in [-0.39, 0.29) is 59.7 Å². The van der Waals surface area contributed by atoms with E-state index in [1.807, 2.05) is 13.8 Å². The molecular formula is C24H36O8Sn. The zero-order chi connectivity index (χ0) is 25.1. The number of hydrogen-bond donors (Lipinski definition) is 0. The molecule has 0 aliphatic heterocycles. The summed E-state index contributed by atoms with van der Waals surface area (Å²) in [5.41, 5.74) is -0.356. The van der Waals surface area contributed by atoms with E-state index in [4.69, 9.17) is 0 Å². The van der Waals surface area contributed by atoms with Gasteiger partial charge in [-0.25, -0.2) is 0 Å². The first-order chi connectivity index (χ1) is 15.0. The second-order valence-corrected chi connectivity index (χ2v) is 7.79. The van der Waals surface area contributed by atoms with E-state index in [2.05, 4.69) is 13.8 Å². The van der Waals surface area contributed by atoms with Gasteiger partial charge >= 0.3 is 23.9 Å². The van der Waals surface area contributed by atoms with Gasteiger partial charge in [0.15, 0.2) is 0 Å². The molecule has 0 aliphatic rings. The summed E-state index contributed by atoms with van der Waals surface area (Å²) in [5.74, 6) is -5.40. The Hall–Kier alpha value is -1.84. The van der Waals surface area contributed by atoms with Gasteiger partial charge in [0.05, 0.1) is 23.9 Å². The van der Waals surface area contributed by atoms with Crippen molar-refractivity contribution in [3.63, 3.8) is 0 Å². The van der Waals surface area contributed by atoms with E-state index < -0.39 is 23.9 Å². The van der Waals surface area contributed by atoms with Gasteiger partial charge in [-0.1, -0.05) is 79.1 Å². The molecule has 0 spiro atoms. The van der Waals surface area contributed by atoms with Crippen LogP contribution in [0.15, 0.2) is 23.3 Å². The predicted octanol–water partition coefficient (Wildman–Crippen LogP) is -0.343. The molecule has 184 valence electrons. The monoisotopic (exact) mass is 572 g/mol. The normalized spacial score (nSPS) is 13.1. The Bertz CT molecular complexity index is 599. The van der Waals surface area contributed by atoms with Crippen molar-refractivity contribution in [2.24, 2.45) is 11.8 Å². The van der Waals surface area contributed by atoms with Crippen molar-refractivity contribution in [2.75, 3.05) is 0 Å². The van der Waals surface area contributed by atoms with Gasteiger partial charge in [-0.2, -0.15) is 0 Å². The first-order valence-corrected chi connectivity index (χ1v) is 11.3. The first-order valence-electron chi connectivity index (χ1n) is 11.3. The van der Waals surface area contributed by atoms with Crippen LogP contribution in [-0.4, -0.2) is 47.8 Å². The van der Waals surface area contributed by atoms with Crippen molar-refractivity contribution in [2.45, 2.75) is 91.9 Å². The van der Waals surface area contributed by atoms with Gasteiger partial charge in [0.25, 0.3) is 0 Å². The van der Waals surface area contributed by atoms with Crippen LogP contribution in [0, 0.1) is 11.8 Å². The Morgan fingerprint density at radius 3 is 1.12 bits per heavy atom. The molecule has 0 aromatic heterocycles. The Kier molecular flexibility index (Phi) is 23.8. The molecule has 0 aromatic rings. The van der Waals surface area contributed by atoms with Gasteiger partial charge in [-0.05, 0) is 48.0 Å². The average molecular weight is 571 g/mol. The van der Waals surface area contributed by atoms with Gasteiger partial charge in [-0.15, -0.1) is 0 Å². The standard InChI is InChI=1S/2C12H20O4.Sn/c2*1-3-5-6-9(4-2)7-10(12(15)16)8-11(13)14;/h2*8-9H,3-7H2,1-2H3,(H,13,14)(H,15,16);/q;;+4/p-4/b2*10-8-;. The Morgan fingerprint density at radius 1 is 0.636 bits per heavy atom. The fourth-order valence-corrected chi connectivity index (χ4v) is 3.20. The van der Waals surface area contributed by atoms with Crippen LogP contribution in [0.2, 0.25) is 0 Å².